The SMILES string of the molecule is CC/C=C\C/C=C\C/C=C\C/C=C\CCCCCCCCCCCCCCCCCCC(=O)OC(CO)COC(=O)CCCCCCCCCCC/C=C\CCCCCCCCCC. The highest BCUT2D eigenvalue weighted by atomic mass is 16.6. The molecule has 0 radical (unpaired) electrons. The van der Waals surface area contributed by atoms with Crippen molar-refractivity contribution >= 4 is 11.9 Å². The Labute approximate surface area is 398 Å². The zero-order chi connectivity index (χ0) is 46.3. The Kier molecular flexibility index (Phi) is 52.9. The van der Waals surface area contributed by atoms with E-state index in [2.05, 4.69) is 74.6 Å². The third-order valence-electron chi connectivity index (χ3n) is 12.3. The lowest BCUT2D eigenvalue weighted by Gasteiger charge is -2.15. The van der Waals surface area contributed by atoms with Gasteiger partial charge in [0, 0.05) is 12.8 Å². The van der Waals surface area contributed by atoms with Gasteiger partial charge in [-0.2, -0.15) is 0 Å². The lowest BCUT2D eigenvalue weighted by Crippen LogP contribution is -2.28. The summed E-state index contributed by atoms with van der Waals surface area (Å²) in [5.41, 5.74) is 0. The number of aliphatic hydroxyl groups excluding tert-OH is 1. The highest BCUT2D eigenvalue weighted by Gasteiger charge is 2.16. The van der Waals surface area contributed by atoms with Crippen molar-refractivity contribution in [2.45, 2.75) is 290 Å². The molecule has 0 amide bonds. The first-order valence-electron chi connectivity index (χ1n) is 27.8. The van der Waals surface area contributed by atoms with Gasteiger partial charge in [-0.15, -0.1) is 0 Å². The molecule has 0 saturated heterocycles. The molecule has 5 nitrogen and oxygen atoms in total. The van der Waals surface area contributed by atoms with E-state index in [1.165, 1.54) is 193 Å². The number of esters is 2. The molecule has 0 spiro atoms. The number of hydrogen-bond acceptors (Lipinski definition) is 5. The molecule has 0 aliphatic heterocycles. The molecule has 0 aromatic heterocycles. The Balaban J connectivity index is 3.46. The lowest BCUT2D eigenvalue weighted by atomic mass is 10.0. The topological polar surface area (TPSA) is 72.8 Å². The van der Waals surface area contributed by atoms with Crippen LogP contribution in [0.4, 0.5) is 0 Å². The van der Waals surface area contributed by atoms with Crippen molar-refractivity contribution in [3.63, 3.8) is 0 Å². The molecule has 0 aliphatic carbocycles. The summed E-state index contributed by atoms with van der Waals surface area (Å²) in [6, 6.07) is 0. The van der Waals surface area contributed by atoms with Gasteiger partial charge in [0.05, 0.1) is 6.61 Å². The Hall–Kier alpha value is -2.40. The number of rotatable bonds is 51. The summed E-state index contributed by atoms with van der Waals surface area (Å²) in [4.78, 5) is 24.5. The van der Waals surface area contributed by atoms with Crippen LogP contribution in [-0.4, -0.2) is 36.4 Å². The first-order chi connectivity index (χ1) is 31.6. The summed E-state index contributed by atoms with van der Waals surface area (Å²) in [5, 5.41) is 9.65. The van der Waals surface area contributed by atoms with E-state index < -0.39 is 6.10 Å². The van der Waals surface area contributed by atoms with Crippen LogP contribution in [0.3, 0.4) is 0 Å². The summed E-state index contributed by atoms with van der Waals surface area (Å²) >= 11 is 0. The molecular weight excluding hydrogens is 789 g/mol. The van der Waals surface area contributed by atoms with E-state index in [-0.39, 0.29) is 25.2 Å². The van der Waals surface area contributed by atoms with E-state index in [1.54, 1.807) is 0 Å². The van der Waals surface area contributed by atoms with Crippen LogP contribution in [0.2, 0.25) is 0 Å². The maximum Gasteiger partial charge on any atom is 0.306 e. The molecule has 0 saturated carbocycles. The largest absolute Gasteiger partial charge is 0.462 e. The molecule has 64 heavy (non-hydrogen) atoms. The van der Waals surface area contributed by atoms with Crippen molar-refractivity contribution in [2.24, 2.45) is 0 Å². The van der Waals surface area contributed by atoms with E-state index >= 15 is 0 Å². The predicted molar refractivity (Wildman–Crippen MR) is 279 cm³/mol. The number of aliphatic hydroxyl groups is 1. The first kappa shape index (κ1) is 61.6. The van der Waals surface area contributed by atoms with Crippen molar-refractivity contribution in [2.75, 3.05) is 13.2 Å². The van der Waals surface area contributed by atoms with Crippen molar-refractivity contribution < 1.29 is 24.2 Å². The second-order valence-electron chi connectivity index (χ2n) is 18.6. The van der Waals surface area contributed by atoms with Gasteiger partial charge in [0.1, 0.15) is 6.61 Å². The zero-order valence-corrected chi connectivity index (χ0v) is 42.5. The third kappa shape index (κ3) is 52.2. The van der Waals surface area contributed by atoms with Crippen molar-refractivity contribution in [3.05, 3.63) is 60.8 Å². The second kappa shape index (κ2) is 54.9. The van der Waals surface area contributed by atoms with Crippen LogP contribution in [0.5, 0.6) is 0 Å². The number of allylic oxidation sites excluding steroid dienone is 10. The Morgan fingerprint density at radius 1 is 0.375 bits per heavy atom. The molecule has 0 aromatic rings. The number of carbonyl (C=O) groups excluding carboxylic acids is 2. The van der Waals surface area contributed by atoms with Gasteiger partial charge in [0.25, 0.3) is 0 Å². The fraction of sp³-hybridized carbons (Fsp3) is 0.797. The van der Waals surface area contributed by atoms with Crippen LogP contribution in [0.25, 0.3) is 0 Å². The number of unbranched alkanes of at least 4 members (excludes halogenated alkanes) is 33. The van der Waals surface area contributed by atoms with Gasteiger partial charge in [-0.1, -0.05) is 254 Å². The van der Waals surface area contributed by atoms with Crippen LogP contribution in [0, 0.1) is 0 Å². The summed E-state index contributed by atoms with van der Waals surface area (Å²) in [6.45, 7) is 4.06. The number of carbonyl (C=O) groups is 2. The highest BCUT2D eigenvalue weighted by Crippen LogP contribution is 2.16. The van der Waals surface area contributed by atoms with Gasteiger partial charge in [-0.25, -0.2) is 0 Å². The van der Waals surface area contributed by atoms with Gasteiger partial charge in [-0.05, 0) is 77.0 Å². The number of hydrogen-bond donors (Lipinski definition) is 1. The van der Waals surface area contributed by atoms with E-state index in [4.69, 9.17) is 9.47 Å². The molecule has 1 unspecified atom stereocenters. The molecule has 5 heteroatoms. The molecule has 1 N–H and O–H groups in total. The van der Waals surface area contributed by atoms with E-state index in [9.17, 15) is 14.7 Å². The molecule has 0 bridgehead atoms. The summed E-state index contributed by atoms with van der Waals surface area (Å²) in [5.74, 6) is -0.582. The molecule has 0 rings (SSSR count). The van der Waals surface area contributed by atoms with Crippen LogP contribution in [0.1, 0.15) is 284 Å². The molecule has 0 aromatic carbocycles. The predicted octanol–water partition coefficient (Wildman–Crippen LogP) is 18.6. The molecule has 372 valence electrons. The maximum atomic E-state index is 12.3. The average molecular weight is 895 g/mol. The Morgan fingerprint density at radius 2 is 0.672 bits per heavy atom. The highest BCUT2D eigenvalue weighted by molar-refractivity contribution is 5.70. The Morgan fingerprint density at radius 3 is 1.03 bits per heavy atom. The monoisotopic (exact) mass is 895 g/mol. The zero-order valence-electron chi connectivity index (χ0n) is 42.5. The standard InChI is InChI=1S/C59H106O5/c1-3-5-7-9-11-13-15-17-19-21-23-25-26-27-28-29-30-31-32-34-36-38-40-42-44-46-48-50-52-54-59(62)64-57(55-60)56-63-58(61)53-51-49-47-45-43-41-39-37-35-33-24-22-20-18-16-14-12-10-8-6-4-2/h5,7,11,13,17,19,22-25,57,60H,3-4,6,8-10,12,14-16,18,20-21,26-56H2,1-2H3/b7-5-,13-11-,19-17-,24-22-,25-23-. The fourth-order valence-electron chi connectivity index (χ4n) is 8.13. The quantitative estimate of drug-likeness (QED) is 0.0374. The fourth-order valence-corrected chi connectivity index (χ4v) is 8.13. The van der Waals surface area contributed by atoms with Crippen molar-refractivity contribution in [3.8, 4) is 0 Å². The molecular formula is C59H106O5. The van der Waals surface area contributed by atoms with Crippen LogP contribution in [0.15, 0.2) is 60.8 Å². The average Bonchev–Trinajstić information content (AvgIpc) is 3.30. The van der Waals surface area contributed by atoms with Crippen molar-refractivity contribution in [1.29, 1.82) is 0 Å². The van der Waals surface area contributed by atoms with Crippen molar-refractivity contribution in [1.82, 2.24) is 0 Å². The first-order valence-corrected chi connectivity index (χ1v) is 27.8. The van der Waals surface area contributed by atoms with Crippen LogP contribution < -0.4 is 0 Å². The van der Waals surface area contributed by atoms with Gasteiger partial charge in [-0.3, -0.25) is 9.59 Å². The van der Waals surface area contributed by atoms with Crippen LogP contribution >= 0.6 is 0 Å². The molecule has 0 heterocycles. The van der Waals surface area contributed by atoms with Gasteiger partial charge in [0.2, 0.25) is 0 Å². The second-order valence-corrected chi connectivity index (χ2v) is 18.6. The van der Waals surface area contributed by atoms with E-state index in [0.717, 1.165) is 64.2 Å². The maximum absolute atomic E-state index is 12.3. The third-order valence-corrected chi connectivity index (χ3v) is 12.3. The minimum Gasteiger partial charge on any atom is -0.462 e. The van der Waals surface area contributed by atoms with E-state index in [0.29, 0.717) is 12.8 Å². The van der Waals surface area contributed by atoms with Gasteiger partial charge in [0.15, 0.2) is 6.10 Å². The minimum atomic E-state index is -0.773. The smallest absolute Gasteiger partial charge is 0.306 e. The van der Waals surface area contributed by atoms with Gasteiger partial charge < -0.3 is 14.6 Å². The minimum absolute atomic E-state index is 0.0652. The van der Waals surface area contributed by atoms with Crippen LogP contribution in [-0.2, 0) is 19.1 Å². The summed E-state index contributed by atoms with van der Waals surface area (Å²) < 4.78 is 10.7. The Bertz CT molecular complexity index is 1100. The van der Waals surface area contributed by atoms with Gasteiger partial charge >= 0.3 is 11.9 Å². The van der Waals surface area contributed by atoms with E-state index in [1.807, 2.05) is 0 Å². The molecule has 0 aliphatic rings. The molecule has 0 fully saturated rings. The summed E-state index contributed by atoms with van der Waals surface area (Å²) in [7, 11) is 0. The normalized spacial score (nSPS) is 12.6. The lowest BCUT2D eigenvalue weighted by molar-refractivity contribution is -0.161. The molecule has 1 atom stereocenters. The summed E-state index contributed by atoms with van der Waals surface area (Å²) in [6.07, 6.45) is 73.3. The number of ether oxygens (including phenoxy) is 2.